The summed E-state index contributed by atoms with van der Waals surface area (Å²) >= 11 is 0. The smallest absolute Gasteiger partial charge is 0.255 e. The Labute approximate surface area is 230 Å². The number of amides is 1. The van der Waals surface area contributed by atoms with Crippen LogP contribution in [0.5, 0.6) is 0 Å². The number of benzene rings is 2. The average Bonchev–Trinajstić information content (AvgIpc) is 2.98. The zero-order valence-electron chi connectivity index (χ0n) is 21.6. The Bertz CT molecular complexity index is 1500. The van der Waals surface area contributed by atoms with Crippen LogP contribution in [-0.2, 0) is 20.0 Å². The normalized spacial score (nSPS) is 19.4. The maximum absolute atomic E-state index is 13.5. The Morgan fingerprint density at radius 1 is 0.769 bits per heavy atom. The molecule has 1 amide bonds. The highest BCUT2D eigenvalue weighted by Crippen LogP contribution is 2.35. The predicted molar refractivity (Wildman–Crippen MR) is 148 cm³/mol. The summed E-state index contributed by atoms with van der Waals surface area (Å²) < 4.78 is 55.8. The highest BCUT2D eigenvalue weighted by atomic mass is 32.2. The maximum Gasteiger partial charge on any atom is 0.255 e. The van der Waals surface area contributed by atoms with E-state index in [2.05, 4.69) is 10.3 Å². The Morgan fingerprint density at radius 3 is 2.08 bits per heavy atom. The molecular weight excluding hydrogens is 536 g/mol. The summed E-state index contributed by atoms with van der Waals surface area (Å²) in [6.45, 7) is 1.46. The number of hydrogen-bond acceptors (Lipinski definition) is 6. The van der Waals surface area contributed by atoms with Crippen molar-refractivity contribution < 1.29 is 21.6 Å². The van der Waals surface area contributed by atoms with Gasteiger partial charge in [0.2, 0.25) is 20.0 Å². The number of anilines is 1. The molecule has 5 rings (SSSR count). The third-order valence-corrected chi connectivity index (χ3v) is 11.1. The van der Waals surface area contributed by atoms with Gasteiger partial charge in [0.1, 0.15) is 0 Å². The van der Waals surface area contributed by atoms with E-state index in [1.165, 1.54) is 40.7 Å². The summed E-state index contributed by atoms with van der Waals surface area (Å²) in [5.41, 5.74) is 1.61. The number of sulfonamides is 2. The molecule has 206 valence electrons. The first kappa shape index (κ1) is 27.4. The van der Waals surface area contributed by atoms with Crippen molar-refractivity contribution in [3.63, 3.8) is 0 Å². The van der Waals surface area contributed by atoms with E-state index in [9.17, 15) is 21.6 Å². The molecule has 0 unspecified atom stereocenters. The summed E-state index contributed by atoms with van der Waals surface area (Å²) in [4.78, 5) is 17.3. The van der Waals surface area contributed by atoms with E-state index in [4.69, 9.17) is 0 Å². The minimum atomic E-state index is -3.75. The van der Waals surface area contributed by atoms with Gasteiger partial charge in [-0.05, 0) is 85.8 Å². The van der Waals surface area contributed by atoms with Crippen LogP contribution in [0.2, 0.25) is 0 Å². The van der Waals surface area contributed by atoms with Crippen LogP contribution in [0.15, 0.2) is 82.8 Å². The molecule has 2 saturated heterocycles. The van der Waals surface area contributed by atoms with Crippen molar-refractivity contribution in [2.45, 2.75) is 54.4 Å². The van der Waals surface area contributed by atoms with Gasteiger partial charge in [-0.15, -0.1) is 0 Å². The van der Waals surface area contributed by atoms with Gasteiger partial charge in [0.25, 0.3) is 5.91 Å². The number of nitrogens with one attached hydrogen (secondary N) is 1. The lowest BCUT2D eigenvalue weighted by molar-refractivity contribution is 0.102. The lowest BCUT2D eigenvalue weighted by Crippen LogP contribution is -2.38. The Morgan fingerprint density at radius 2 is 1.41 bits per heavy atom. The maximum atomic E-state index is 13.5. The lowest BCUT2D eigenvalue weighted by atomic mass is 9.99. The molecule has 0 spiro atoms. The fraction of sp³-hybridized carbons (Fsp3) is 0.357. The number of pyridine rings is 1. The van der Waals surface area contributed by atoms with Crippen molar-refractivity contribution in [3.8, 4) is 0 Å². The second-order valence-corrected chi connectivity index (χ2v) is 13.7. The highest BCUT2D eigenvalue weighted by molar-refractivity contribution is 7.89. The van der Waals surface area contributed by atoms with E-state index in [0.717, 1.165) is 44.1 Å². The summed E-state index contributed by atoms with van der Waals surface area (Å²) in [6, 6.07) is 15.4. The average molecular weight is 569 g/mol. The van der Waals surface area contributed by atoms with Crippen molar-refractivity contribution >= 4 is 31.6 Å². The minimum absolute atomic E-state index is 0.156. The molecule has 3 heterocycles. The molecule has 0 saturated carbocycles. The molecule has 39 heavy (non-hydrogen) atoms. The van der Waals surface area contributed by atoms with Crippen molar-refractivity contribution in [3.05, 3.63) is 84.2 Å². The predicted octanol–water partition coefficient (Wildman–Crippen LogP) is 4.42. The van der Waals surface area contributed by atoms with Gasteiger partial charge in [-0.2, -0.15) is 8.61 Å². The lowest BCUT2D eigenvalue weighted by Gasteiger charge is -2.34. The molecule has 2 aliphatic heterocycles. The van der Waals surface area contributed by atoms with Crippen molar-refractivity contribution in [2.24, 2.45) is 0 Å². The molecule has 0 aliphatic carbocycles. The SMILES string of the molecule is O=C(Nc1ccc(S(=O)(=O)N2CCCC[C@@H]2c2cccnc2)cc1)c1ccc(S(=O)(=O)N2CCCCC2)cc1. The summed E-state index contributed by atoms with van der Waals surface area (Å²) in [6.07, 6.45) is 8.59. The van der Waals surface area contributed by atoms with E-state index in [-0.39, 0.29) is 15.8 Å². The second-order valence-electron chi connectivity index (χ2n) is 9.88. The molecule has 1 atom stereocenters. The number of rotatable bonds is 7. The van der Waals surface area contributed by atoms with Gasteiger partial charge in [0.15, 0.2) is 0 Å². The number of carbonyl (C=O) groups excluding carboxylic acids is 1. The summed E-state index contributed by atoms with van der Waals surface area (Å²) in [5.74, 6) is -0.416. The summed E-state index contributed by atoms with van der Waals surface area (Å²) in [7, 11) is -7.33. The number of nitrogens with zero attached hydrogens (tertiary/aromatic N) is 3. The van der Waals surface area contributed by atoms with Crippen LogP contribution >= 0.6 is 0 Å². The van der Waals surface area contributed by atoms with Crippen molar-refractivity contribution in [2.75, 3.05) is 25.0 Å². The van der Waals surface area contributed by atoms with Gasteiger partial charge in [0, 0.05) is 43.3 Å². The van der Waals surface area contributed by atoms with Crippen LogP contribution < -0.4 is 5.32 Å². The monoisotopic (exact) mass is 568 g/mol. The molecule has 0 bridgehead atoms. The molecule has 1 N–H and O–H groups in total. The summed E-state index contributed by atoms with van der Waals surface area (Å²) in [5, 5.41) is 2.76. The van der Waals surface area contributed by atoms with Gasteiger partial charge < -0.3 is 5.32 Å². The Hall–Kier alpha value is -3.12. The zero-order valence-corrected chi connectivity index (χ0v) is 23.2. The fourth-order valence-electron chi connectivity index (χ4n) is 5.18. The topological polar surface area (TPSA) is 117 Å². The van der Waals surface area contributed by atoms with Crippen molar-refractivity contribution in [1.82, 2.24) is 13.6 Å². The number of carbonyl (C=O) groups is 1. The molecule has 3 aromatic rings. The number of piperidine rings is 2. The van der Waals surface area contributed by atoms with Crippen LogP contribution in [-0.4, -0.2) is 56.0 Å². The van der Waals surface area contributed by atoms with Gasteiger partial charge >= 0.3 is 0 Å². The van der Waals surface area contributed by atoms with Gasteiger partial charge in [-0.1, -0.05) is 18.9 Å². The Balaban J connectivity index is 1.27. The first-order valence-corrected chi connectivity index (χ1v) is 16.1. The van der Waals surface area contributed by atoms with Crippen molar-refractivity contribution in [1.29, 1.82) is 0 Å². The minimum Gasteiger partial charge on any atom is -0.322 e. The van der Waals surface area contributed by atoms with Crippen LogP contribution in [0.1, 0.15) is 60.5 Å². The van der Waals surface area contributed by atoms with E-state index >= 15 is 0 Å². The quantitative estimate of drug-likeness (QED) is 0.451. The molecule has 2 aromatic carbocycles. The largest absolute Gasteiger partial charge is 0.322 e. The number of aromatic nitrogens is 1. The molecule has 2 fully saturated rings. The second kappa shape index (κ2) is 11.5. The van der Waals surface area contributed by atoms with E-state index in [0.29, 0.717) is 30.9 Å². The fourth-order valence-corrected chi connectivity index (χ4v) is 8.38. The standard InChI is InChI=1S/C28H32N4O5S2/c33-28(22-9-13-25(14-10-22)38(34,35)31-18-3-1-4-19-31)30-24-11-15-26(16-12-24)39(36,37)32-20-5-2-8-27(32)23-7-6-17-29-21-23/h6-7,9-17,21,27H,1-5,8,18-20H2,(H,30,33)/t27-/m1/s1. The van der Waals surface area contributed by atoms with Gasteiger partial charge in [0.05, 0.1) is 15.8 Å². The van der Waals surface area contributed by atoms with Crippen LogP contribution in [0.25, 0.3) is 0 Å². The highest BCUT2D eigenvalue weighted by Gasteiger charge is 2.34. The van der Waals surface area contributed by atoms with E-state index < -0.39 is 26.0 Å². The molecule has 0 radical (unpaired) electrons. The Kier molecular flexibility index (Phi) is 8.13. The third-order valence-electron chi connectivity index (χ3n) is 7.31. The van der Waals surface area contributed by atoms with E-state index in [1.807, 2.05) is 12.1 Å². The first-order chi connectivity index (χ1) is 18.8. The molecular formula is C28H32N4O5S2. The molecule has 9 nitrogen and oxygen atoms in total. The molecule has 1 aromatic heterocycles. The third kappa shape index (κ3) is 5.91. The zero-order chi connectivity index (χ0) is 27.5. The van der Waals surface area contributed by atoms with Gasteiger partial charge in [-0.3, -0.25) is 9.78 Å². The van der Waals surface area contributed by atoms with Crippen LogP contribution in [0.4, 0.5) is 5.69 Å². The van der Waals surface area contributed by atoms with Crippen LogP contribution in [0.3, 0.4) is 0 Å². The van der Waals surface area contributed by atoms with E-state index in [1.54, 1.807) is 28.8 Å². The first-order valence-electron chi connectivity index (χ1n) is 13.2. The molecule has 11 heteroatoms. The number of hydrogen-bond donors (Lipinski definition) is 1. The van der Waals surface area contributed by atoms with Gasteiger partial charge in [-0.25, -0.2) is 16.8 Å². The molecule has 2 aliphatic rings. The van der Waals surface area contributed by atoms with Crippen LogP contribution in [0, 0.1) is 0 Å².